The molecule has 0 saturated heterocycles. The number of carbonyl (C=O) groups is 2. The van der Waals surface area contributed by atoms with Crippen molar-refractivity contribution in [2.24, 2.45) is 0 Å². The summed E-state index contributed by atoms with van der Waals surface area (Å²) in [5.74, 6) is -0.751. The number of hydrogen-bond acceptors (Lipinski definition) is 3. The van der Waals surface area contributed by atoms with Crippen LogP contribution in [0.2, 0.25) is 0 Å². The monoisotopic (exact) mass is 323 g/mol. The summed E-state index contributed by atoms with van der Waals surface area (Å²) in [7, 11) is 0. The number of rotatable bonds is 6. The van der Waals surface area contributed by atoms with Gasteiger partial charge in [0.25, 0.3) is 5.91 Å². The van der Waals surface area contributed by atoms with Crippen molar-refractivity contribution >= 4 is 22.9 Å². The Morgan fingerprint density at radius 2 is 1.79 bits per heavy atom. The molecule has 3 aromatic rings. The molecule has 2 aromatic carbocycles. The average molecular weight is 323 g/mol. The fourth-order valence-electron chi connectivity index (χ4n) is 2.49. The fourth-order valence-corrected chi connectivity index (χ4v) is 2.49. The van der Waals surface area contributed by atoms with E-state index in [1.165, 1.54) is 0 Å². The number of nitrogens with zero attached hydrogens (tertiary/aromatic N) is 1. The zero-order chi connectivity index (χ0) is 16.9. The molecule has 0 aliphatic heterocycles. The van der Waals surface area contributed by atoms with Gasteiger partial charge in [0.15, 0.2) is 0 Å². The molecule has 24 heavy (non-hydrogen) atoms. The highest BCUT2D eigenvalue weighted by Crippen LogP contribution is 2.12. The first-order valence-corrected chi connectivity index (χ1v) is 7.66. The van der Waals surface area contributed by atoms with Crippen molar-refractivity contribution in [2.75, 3.05) is 0 Å². The zero-order valence-electron chi connectivity index (χ0n) is 12.9. The minimum atomic E-state index is -1.06. The van der Waals surface area contributed by atoms with Gasteiger partial charge in [-0.15, -0.1) is 0 Å². The van der Waals surface area contributed by atoms with Gasteiger partial charge in [-0.2, -0.15) is 0 Å². The first kappa shape index (κ1) is 15.7. The normalized spacial score (nSPS) is 12.0. The Morgan fingerprint density at radius 3 is 2.50 bits per heavy atom. The summed E-state index contributed by atoms with van der Waals surface area (Å²) in [6, 6.07) is 15.2. The minimum Gasteiger partial charge on any atom is -0.480 e. The lowest BCUT2D eigenvalue weighted by Gasteiger charge is -2.13. The molecule has 3 N–H and O–H groups in total. The number of carboxylic acid groups (broad SMARTS) is 1. The second-order valence-electron chi connectivity index (χ2n) is 5.47. The van der Waals surface area contributed by atoms with Crippen LogP contribution in [0.5, 0.6) is 0 Å². The van der Waals surface area contributed by atoms with Crippen molar-refractivity contribution in [3.63, 3.8) is 0 Å². The Bertz CT molecular complexity index is 825. The van der Waals surface area contributed by atoms with E-state index in [0.717, 1.165) is 11.0 Å². The Kier molecular flexibility index (Phi) is 4.56. The SMILES string of the molecule is O=C(N[C@@H](CCc1nc2ccccc2[nH]1)C(=O)O)c1ccccc1. The second-order valence-corrected chi connectivity index (χ2v) is 5.47. The number of imidazole rings is 1. The van der Waals surface area contributed by atoms with Crippen molar-refractivity contribution < 1.29 is 14.7 Å². The number of carboxylic acids is 1. The van der Waals surface area contributed by atoms with E-state index in [1.807, 2.05) is 24.3 Å². The lowest BCUT2D eigenvalue weighted by atomic mass is 10.1. The third-order valence-corrected chi connectivity index (χ3v) is 3.75. The number of hydrogen-bond donors (Lipinski definition) is 3. The summed E-state index contributed by atoms with van der Waals surface area (Å²) in [6.45, 7) is 0. The van der Waals surface area contributed by atoms with Crippen molar-refractivity contribution in [2.45, 2.75) is 18.9 Å². The Hall–Kier alpha value is -3.15. The Labute approximate surface area is 138 Å². The molecule has 0 aliphatic rings. The molecule has 3 rings (SSSR count). The number of para-hydroxylation sites is 2. The summed E-state index contributed by atoms with van der Waals surface area (Å²) < 4.78 is 0. The van der Waals surface area contributed by atoms with Gasteiger partial charge in [-0.3, -0.25) is 4.79 Å². The number of carbonyl (C=O) groups excluding carboxylic acids is 1. The highest BCUT2D eigenvalue weighted by atomic mass is 16.4. The summed E-state index contributed by atoms with van der Waals surface area (Å²) in [6.07, 6.45) is 0.689. The molecule has 0 spiro atoms. The van der Waals surface area contributed by atoms with E-state index in [0.29, 0.717) is 17.8 Å². The molecule has 0 fully saturated rings. The minimum absolute atomic E-state index is 0.258. The number of H-pyrrole nitrogens is 1. The van der Waals surface area contributed by atoms with E-state index in [4.69, 9.17) is 0 Å². The first-order valence-electron chi connectivity index (χ1n) is 7.66. The van der Waals surface area contributed by atoms with Crippen LogP contribution in [-0.2, 0) is 11.2 Å². The Morgan fingerprint density at radius 1 is 1.08 bits per heavy atom. The second kappa shape index (κ2) is 6.95. The van der Waals surface area contributed by atoms with Crippen molar-refractivity contribution in [3.05, 3.63) is 66.0 Å². The van der Waals surface area contributed by atoms with Crippen LogP contribution < -0.4 is 5.32 Å². The van der Waals surface area contributed by atoms with Crippen LogP contribution in [0.3, 0.4) is 0 Å². The maximum atomic E-state index is 12.1. The topological polar surface area (TPSA) is 95.1 Å². The van der Waals surface area contributed by atoms with Gasteiger partial charge in [-0.25, -0.2) is 9.78 Å². The first-order chi connectivity index (χ1) is 11.6. The van der Waals surface area contributed by atoms with Gasteiger partial charge in [0.1, 0.15) is 11.9 Å². The van der Waals surface area contributed by atoms with E-state index in [-0.39, 0.29) is 6.42 Å². The van der Waals surface area contributed by atoms with Crippen LogP contribution in [0.4, 0.5) is 0 Å². The van der Waals surface area contributed by atoms with Crippen LogP contribution in [-0.4, -0.2) is 33.0 Å². The molecular formula is C18H17N3O3. The lowest BCUT2D eigenvalue weighted by molar-refractivity contribution is -0.139. The van der Waals surface area contributed by atoms with Crippen LogP contribution >= 0.6 is 0 Å². The van der Waals surface area contributed by atoms with Crippen LogP contribution in [0, 0.1) is 0 Å². The summed E-state index contributed by atoms with van der Waals surface area (Å²) in [5.41, 5.74) is 2.19. The molecule has 1 amide bonds. The maximum Gasteiger partial charge on any atom is 0.326 e. The molecule has 0 radical (unpaired) electrons. The molecule has 1 atom stereocenters. The fraction of sp³-hybridized carbons (Fsp3) is 0.167. The highest BCUT2D eigenvalue weighted by Gasteiger charge is 2.21. The predicted molar refractivity (Wildman–Crippen MR) is 89.7 cm³/mol. The highest BCUT2D eigenvalue weighted by molar-refractivity contribution is 5.96. The molecule has 122 valence electrons. The molecule has 1 aromatic heterocycles. The van der Waals surface area contributed by atoms with Gasteiger partial charge in [0.05, 0.1) is 11.0 Å². The van der Waals surface area contributed by atoms with E-state index < -0.39 is 17.9 Å². The van der Waals surface area contributed by atoms with Gasteiger partial charge in [-0.1, -0.05) is 30.3 Å². The zero-order valence-corrected chi connectivity index (χ0v) is 12.9. The summed E-state index contributed by atoms with van der Waals surface area (Å²) >= 11 is 0. The molecular weight excluding hydrogens is 306 g/mol. The molecule has 1 heterocycles. The number of amides is 1. The predicted octanol–water partition coefficient (Wildman–Crippen LogP) is 2.38. The van der Waals surface area contributed by atoms with Gasteiger partial charge >= 0.3 is 5.97 Å². The van der Waals surface area contributed by atoms with Gasteiger partial charge in [0.2, 0.25) is 0 Å². The van der Waals surface area contributed by atoms with E-state index >= 15 is 0 Å². The molecule has 0 aliphatic carbocycles. The lowest BCUT2D eigenvalue weighted by Crippen LogP contribution is -2.41. The van der Waals surface area contributed by atoms with Gasteiger partial charge < -0.3 is 15.4 Å². The number of fused-ring (bicyclic) bond motifs is 1. The van der Waals surface area contributed by atoms with Gasteiger partial charge in [0, 0.05) is 12.0 Å². The smallest absolute Gasteiger partial charge is 0.326 e. The van der Waals surface area contributed by atoms with Crippen LogP contribution in [0.1, 0.15) is 22.6 Å². The molecule has 6 nitrogen and oxygen atoms in total. The average Bonchev–Trinajstić information content (AvgIpc) is 3.01. The van der Waals surface area contributed by atoms with E-state index in [2.05, 4.69) is 15.3 Å². The largest absolute Gasteiger partial charge is 0.480 e. The molecule has 0 unspecified atom stereocenters. The third-order valence-electron chi connectivity index (χ3n) is 3.75. The number of aromatic nitrogens is 2. The Balaban J connectivity index is 1.65. The summed E-state index contributed by atoms with van der Waals surface area (Å²) in [5, 5.41) is 11.9. The molecule has 0 bridgehead atoms. The standard InChI is InChI=1S/C18H17N3O3/c22-17(12-6-2-1-3-7-12)21-15(18(23)24)10-11-16-19-13-8-4-5-9-14(13)20-16/h1-9,15H,10-11H2,(H,19,20)(H,21,22)(H,23,24)/t15-/m0/s1. The number of aromatic amines is 1. The van der Waals surface area contributed by atoms with E-state index in [1.54, 1.807) is 30.3 Å². The number of aryl methyl sites for hydroxylation is 1. The number of aliphatic carboxylic acids is 1. The van der Waals surface area contributed by atoms with Gasteiger partial charge in [-0.05, 0) is 30.7 Å². The van der Waals surface area contributed by atoms with Crippen molar-refractivity contribution in [1.82, 2.24) is 15.3 Å². The number of nitrogens with one attached hydrogen (secondary N) is 2. The molecule has 0 saturated carbocycles. The van der Waals surface area contributed by atoms with E-state index in [9.17, 15) is 14.7 Å². The quantitative estimate of drug-likeness (QED) is 0.649. The third kappa shape index (κ3) is 3.60. The van der Waals surface area contributed by atoms with Crippen molar-refractivity contribution in [1.29, 1.82) is 0 Å². The van der Waals surface area contributed by atoms with Crippen molar-refractivity contribution in [3.8, 4) is 0 Å². The van der Waals surface area contributed by atoms with Crippen LogP contribution in [0.25, 0.3) is 11.0 Å². The molecule has 6 heteroatoms. The van der Waals surface area contributed by atoms with Crippen LogP contribution in [0.15, 0.2) is 54.6 Å². The number of benzene rings is 2. The maximum absolute atomic E-state index is 12.1. The summed E-state index contributed by atoms with van der Waals surface area (Å²) in [4.78, 5) is 31.1.